The zero-order valence-corrected chi connectivity index (χ0v) is 7.75. The van der Waals surface area contributed by atoms with Crippen molar-refractivity contribution in [1.82, 2.24) is 0 Å². The maximum Gasteiger partial charge on any atom is 0.252 e. The Morgan fingerprint density at radius 2 is 2.15 bits per heavy atom. The molecule has 4 heteroatoms. The number of carbonyl (C=O) groups excluding carboxylic acids is 1. The minimum atomic E-state index is -0.495. The van der Waals surface area contributed by atoms with Crippen molar-refractivity contribution < 1.29 is 9.53 Å². The number of ether oxygens (including phenoxy) is 1. The first-order valence-corrected chi connectivity index (χ1v) is 4.36. The molecule has 0 fully saturated rings. The van der Waals surface area contributed by atoms with Crippen LogP contribution in [0.15, 0.2) is 24.3 Å². The van der Waals surface area contributed by atoms with E-state index in [1.54, 1.807) is 24.3 Å². The van der Waals surface area contributed by atoms with Crippen molar-refractivity contribution in [3.05, 3.63) is 29.8 Å². The molecule has 0 unspecified atom stereocenters. The predicted molar refractivity (Wildman–Crippen MR) is 51.2 cm³/mol. The van der Waals surface area contributed by atoms with E-state index >= 15 is 0 Å². The topological polar surface area (TPSA) is 52.3 Å². The highest BCUT2D eigenvalue weighted by atomic mass is 35.5. The first-order valence-electron chi connectivity index (χ1n) is 3.83. The van der Waals surface area contributed by atoms with Gasteiger partial charge in [0.1, 0.15) is 12.4 Å². The Labute approximate surface area is 81.4 Å². The summed E-state index contributed by atoms with van der Waals surface area (Å²) < 4.78 is 5.21. The van der Waals surface area contributed by atoms with Crippen LogP contribution < -0.4 is 10.5 Å². The molecular weight excluding hydrogens is 190 g/mol. The minimum absolute atomic E-state index is 0.367. The third kappa shape index (κ3) is 2.63. The van der Waals surface area contributed by atoms with Crippen molar-refractivity contribution in [3.63, 3.8) is 0 Å². The quantitative estimate of drug-likeness (QED) is 0.746. The van der Waals surface area contributed by atoms with Gasteiger partial charge in [0.05, 0.1) is 11.4 Å². The molecule has 0 aliphatic heterocycles. The summed E-state index contributed by atoms with van der Waals surface area (Å²) in [6.45, 7) is 0.367. The number of amides is 1. The summed E-state index contributed by atoms with van der Waals surface area (Å²) in [6, 6.07) is 6.81. The van der Waals surface area contributed by atoms with Gasteiger partial charge in [-0.2, -0.15) is 0 Å². The summed E-state index contributed by atoms with van der Waals surface area (Å²) in [5.74, 6) is 0.369. The second-order valence-corrected chi connectivity index (χ2v) is 2.78. The van der Waals surface area contributed by atoms with Gasteiger partial charge in [0.2, 0.25) is 0 Å². The van der Waals surface area contributed by atoms with E-state index in [0.29, 0.717) is 23.8 Å². The van der Waals surface area contributed by atoms with Crippen LogP contribution in [-0.4, -0.2) is 18.4 Å². The van der Waals surface area contributed by atoms with Crippen LogP contribution in [0.2, 0.25) is 0 Å². The molecule has 0 saturated heterocycles. The van der Waals surface area contributed by atoms with Crippen molar-refractivity contribution in [1.29, 1.82) is 0 Å². The summed E-state index contributed by atoms with van der Waals surface area (Å²) in [5, 5.41) is 0. The normalized spacial score (nSPS) is 9.62. The van der Waals surface area contributed by atoms with E-state index in [0.717, 1.165) is 0 Å². The Kier molecular flexibility index (Phi) is 3.58. The van der Waals surface area contributed by atoms with Gasteiger partial charge in [0.25, 0.3) is 5.91 Å². The molecule has 1 aromatic carbocycles. The van der Waals surface area contributed by atoms with Crippen molar-refractivity contribution in [2.24, 2.45) is 5.73 Å². The lowest BCUT2D eigenvalue weighted by Crippen LogP contribution is -2.13. The zero-order valence-electron chi connectivity index (χ0n) is 7.00. The van der Waals surface area contributed by atoms with E-state index in [4.69, 9.17) is 22.1 Å². The number of halogens is 1. The molecule has 0 atom stereocenters. The van der Waals surface area contributed by atoms with E-state index in [-0.39, 0.29) is 0 Å². The molecule has 1 amide bonds. The van der Waals surface area contributed by atoms with E-state index in [2.05, 4.69) is 0 Å². The number of primary amides is 1. The Morgan fingerprint density at radius 3 is 2.77 bits per heavy atom. The molecule has 1 aromatic rings. The first kappa shape index (κ1) is 9.86. The SMILES string of the molecule is NC(=O)c1ccccc1OCCCl. The summed E-state index contributed by atoms with van der Waals surface area (Å²) in [7, 11) is 0. The summed E-state index contributed by atoms with van der Waals surface area (Å²) in [4.78, 5) is 10.9. The number of hydrogen-bond donors (Lipinski definition) is 1. The molecule has 0 aromatic heterocycles. The van der Waals surface area contributed by atoms with Crippen LogP contribution in [0, 0.1) is 0 Å². The summed E-state index contributed by atoms with van der Waals surface area (Å²) >= 11 is 5.44. The number of carbonyl (C=O) groups is 1. The van der Waals surface area contributed by atoms with E-state index in [9.17, 15) is 4.79 Å². The molecule has 1 rings (SSSR count). The largest absolute Gasteiger partial charge is 0.492 e. The van der Waals surface area contributed by atoms with Gasteiger partial charge in [-0.15, -0.1) is 11.6 Å². The zero-order chi connectivity index (χ0) is 9.68. The maximum atomic E-state index is 10.9. The molecule has 0 saturated carbocycles. The molecule has 0 heterocycles. The van der Waals surface area contributed by atoms with Gasteiger partial charge in [0.15, 0.2) is 0 Å². The standard InChI is InChI=1S/C9H10ClNO2/c10-5-6-13-8-4-2-1-3-7(8)9(11)12/h1-4H,5-6H2,(H2,11,12). The molecule has 0 aliphatic carbocycles. The van der Waals surface area contributed by atoms with Crippen LogP contribution in [0.5, 0.6) is 5.75 Å². The van der Waals surface area contributed by atoms with E-state index in [1.165, 1.54) is 0 Å². The molecular formula is C9H10ClNO2. The highest BCUT2D eigenvalue weighted by Gasteiger charge is 2.06. The highest BCUT2D eigenvalue weighted by Crippen LogP contribution is 2.16. The fraction of sp³-hybridized carbons (Fsp3) is 0.222. The lowest BCUT2D eigenvalue weighted by atomic mass is 10.2. The monoisotopic (exact) mass is 199 g/mol. The number of benzene rings is 1. The lowest BCUT2D eigenvalue weighted by molar-refractivity contribution is 0.0996. The molecule has 0 bridgehead atoms. The van der Waals surface area contributed by atoms with Crippen molar-refractivity contribution in [2.45, 2.75) is 0 Å². The highest BCUT2D eigenvalue weighted by molar-refractivity contribution is 6.18. The molecule has 3 nitrogen and oxygen atoms in total. The van der Waals surface area contributed by atoms with Gasteiger partial charge in [-0.25, -0.2) is 0 Å². The van der Waals surface area contributed by atoms with E-state index in [1.807, 2.05) is 0 Å². The molecule has 0 spiro atoms. The van der Waals surface area contributed by atoms with Gasteiger partial charge in [0, 0.05) is 0 Å². The average molecular weight is 200 g/mol. The van der Waals surface area contributed by atoms with Gasteiger partial charge < -0.3 is 10.5 Å². The number of para-hydroxylation sites is 1. The molecule has 0 aliphatic rings. The number of rotatable bonds is 4. The Bertz CT molecular complexity index is 301. The Balaban J connectivity index is 2.84. The summed E-state index contributed by atoms with van der Waals surface area (Å²) in [5.41, 5.74) is 5.52. The van der Waals surface area contributed by atoms with Crippen LogP contribution in [-0.2, 0) is 0 Å². The second kappa shape index (κ2) is 4.72. The first-order chi connectivity index (χ1) is 6.25. The van der Waals surface area contributed by atoms with Crippen molar-refractivity contribution >= 4 is 17.5 Å². The Morgan fingerprint density at radius 1 is 1.46 bits per heavy atom. The maximum absolute atomic E-state index is 10.9. The number of alkyl halides is 1. The van der Waals surface area contributed by atoms with Gasteiger partial charge >= 0.3 is 0 Å². The van der Waals surface area contributed by atoms with Crippen molar-refractivity contribution in [2.75, 3.05) is 12.5 Å². The fourth-order valence-electron chi connectivity index (χ4n) is 0.945. The molecule has 70 valence electrons. The van der Waals surface area contributed by atoms with Gasteiger partial charge in [-0.3, -0.25) is 4.79 Å². The van der Waals surface area contributed by atoms with Crippen LogP contribution in [0.1, 0.15) is 10.4 Å². The van der Waals surface area contributed by atoms with Crippen LogP contribution in [0.3, 0.4) is 0 Å². The minimum Gasteiger partial charge on any atom is -0.492 e. The number of hydrogen-bond acceptors (Lipinski definition) is 2. The third-order valence-corrected chi connectivity index (χ3v) is 1.64. The summed E-state index contributed by atoms with van der Waals surface area (Å²) in [6.07, 6.45) is 0. The average Bonchev–Trinajstić information content (AvgIpc) is 2.15. The van der Waals surface area contributed by atoms with Crippen LogP contribution in [0.4, 0.5) is 0 Å². The molecule has 0 radical (unpaired) electrons. The Hall–Kier alpha value is -1.22. The van der Waals surface area contributed by atoms with Crippen LogP contribution in [0.25, 0.3) is 0 Å². The van der Waals surface area contributed by atoms with Gasteiger partial charge in [-0.05, 0) is 12.1 Å². The van der Waals surface area contributed by atoms with Crippen LogP contribution >= 0.6 is 11.6 Å². The number of nitrogens with two attached hydrogens (primary N) is 1. The third-order valence-electron chi connectivity index (χ3n) is 1.49. The lowest BCUT2D eigenvalue weighted by Gasteiger charge is -2.06. The van der Waals surface area contributed by atoms with Crippen molar-refractivity contribution in [3.8, 4) is 5.75 Å². The molecule has 2 N–H and O–H groups in total. The van der Waals surface area contributed by atoms with Gasteiger partial charge in [-0.1, -0.05) is 12.1 Å². The predicted octanol–water partition coefficient (Wildman–Crippen LogP) is 1.40. The second-order valence-electron chi connectivity index (χ2n) is 2.40. The van der Waals surface area contributed by atoms with E-state index < -0.39 is 5.91 Å². The molecule has 13 heavy (non-hydrogen) atoms. The fourth-order valence-corrected chi connectivity index (χ4v) is 1.02. The smallest absolute Gasteiger partial charge is 0.252 e.